The van der Waals surface area contributed by atoms with Gasteiger partial charge in [0.05, 0.1) is 12.7 Å². The number of thioether (sulfide) groups is 1. The molecule has 0 saturated carbocycles. The van der Waals surface area contributed by atoms with Gasteiger partial charge >= 0.3 is 0 Å². The van der Waals surface area contributed by atoms with Gasteiger partial charge in [0.25, 0.3) is 0 Å². The van der Waals surface area contributed by atoms with E-state index in [0.29, 0.717) is 18.6 Å². The lowest BCUT2D eigenvalue weighted by Crippen LogP contribution is -2.00. The van der Waals surface area contributed by atoms with Crippen LogP contribution in [0.15, 0.2) is 107 Å². The van der Waals surface area contributed by atoms with Crippen molar-refractivity contribution < 1.29 is 14.6 Å². The maximum absolute atomic E-state index is 11.7. The summed E-state index contributed by atoms with van der Waals surface area (Å²) in [4.78, 5) is 12.9. The third-order valence-electron chi connectivity index (χ3n) is 5.48. The number of aliphatic hydroxyl groups is 1. The van der Waals surface area contributed by atoms with Gasteiger partial charge in [-0.15, -0.1) is 11.8 Å². The second-order valence-corrected chi connectivity index (χ2v) is 8.78. The molecule has 0 aliphatic carbocycles. The fourth-order valence-electron chi connectivity index (χ4n) is 3.84. The van der Waals surface area contributed by atoms with Gasteiger partial charge in [-0.25, -0.2) is 4.79 Å². The first-order valence-corrected chi connectivity index (χ1v) is 12.0. The van der Waals surface area contributed by atoms with Crippen molar-refractivity contribution in [2.75, 3.05) is 12.9 Å². The molecule has 4 rings (SSSR count). The predicted molar refractivity (Wildman–Crippen MR) is 141 cm³/mol. The summed E-state index contributed by atoms with van der Waals surface area (Å²) in [6, 6.07) is 28.6. The lowest BCUT2D eigenvalue weighted by atomic mass is 10.0. The molecule has 0 aromatic heterocycles. The summed E-state index contributed by atoms with van der Waals surface area (Å²) >= 11 is 1.68. The molecule has 0 bridgehead atoms. The summed E-state index contributed by atoms with van der Waals surface area (Å²) in [6.45, 7) is 0. The highest BCUT2D eigenvalue weighted by atomic mass is 32.2. The SMILES string of the molecule is CO/C(C(=C=O)CCSc1c2ccccc2cc2ccccc12)=C(\O)C#CCc1ccccc1. The van der Waals surface area contributed by atoms with E-state index in [1.807, 2.05) is 60.5 Å². The van der Waals surface area contributed by atoms with E-state index < -0.39 is 0 Å². The van der Waals surface area contributed by atoms with E-state index in [1.54, 1.807) is 11.8 Å². The summed E-state index contributed by atoms with van der Waals surface area (Å²) < 4.78 is 5.33. The first-order valence-electron chi connectivity index (χ1n) is 11.0. The zero-order valence-corrected chi connectivity index (χ0v) is 19.7. The molecule has 0 saturated heterocycles. The number of hydrogen-bond acceptors (Lipinski definition) is 4. The predicted octanol–water partition coefficient (Wildman–Crippen LogP) is 6.90. The number of carbonyl (C=O) groups excluding carboxylic acids is 1. The fourth-order valence-corrected chi connectivity index (χ4v) is 5.03. The molecule has 0 amide bonds. The van der Waals surface area contributed by atoms with E-state index >= 15 is 0 Å². The molecule has 3 nitrogen and oxygen atoms in total. The van der Waals surface area contributed by atoms with Gasteiger partial charge in [-0.2, -0.15) is 0 Å². The van der Waals surface area contributed by atoms with Crippen molar-refractivity contribution in [2.24, 2.45) is 0 Å². The third kappa shape index (κ3) is 5.35. The Labute approximate surface area is 203 Å². The number of benzene rings is 4. The Bertz CT molecular complexity index is 1400. The molecule has 4 aromatic rings. The number of rotatable bonds is 7. The first kappa shape index (κ1) is 23.3. The molecule has 34 heavy (non-hydrogen) atoms. The van der Waals surface area contributed by atoms with Crippen molar-refractivity contribution in [2.45, 2.75) is 17.7 Å². The van der Waals surface area contributed by atoms with Crippen molar-refractivity contribution in [1.82, 2.24) is 0 Å². The topological polar surface area (TPSA) is 46.5 Å². The van der Waals surface area contributed by atoms with Crippen LogP contribution in [-0.2, 0) is 16.0 Å². The molecule has 0 atom stereocenters. The van der Waals surface area contributed by atoms with Crippen LogP contribution < -0.4 is 0 Å². The smallest absolute Gasteiger partial charge is 0.211 e. The number of ether oxygens (including phenoxy) is 1. The van der Waals surface area contributed by atoms with Crippen LogP contribution in [-0.4, -0.2) is 23.9 Å². The number of hydrogen-bond donors (Lipinski definition) is 1. The van der Waals surface area contributed by atoms with Crippen LogP contribution in [0.3, 0.4) is 0 Å². The molecule has 0 unspecified atom stereocenters. The summed E-state index contributed by atoms with van der Waals surface area (Å²) in [5.74, 6) is 8.04. The molecule has 0 spiro atoms. The van der Waals surface area contributed by atoms with Gasteiger partial charge in [0.1, 0.15) is 5.94 Å². The van der Waals surface area contributed by atoms with Crippen LogP contribution in [0.4, 0.5) is 0 Å². The summed E-state index contributed by atoms with van der Waals surface area (Å²) in [6.07, 6.45) is 0.880. The van der Waals surface area contributed by atoms with Crippen molar-refractivity contribution in [3.63, 3.8) is 0 Å². The van der Waals surface area contributed by atoms with E-state index in [-0.39, 0.29) is 17.1 Å². The van der Waals surface area contributed by atoms with Crippen LogP contribution in [0.25, 0.3) is 21.5 Å². The second kappa shape index (κ2) is 11.3. The van der Waals surface area contributed by atoms with E-state index in [1.165, 1.54) is 33.6 Å². The van der Waals surface area contributed by atoms with Gasteiger partial charge in [0.15, 0.2) is 5.76 Å². The molecular weight excluding hydrogens is 440 g/mol. The fraction of sp³-hybridized carbons (Fsp3) is 0.133. The van der Waals surface area contributed by atoms with Gasteiger partial charge in [0, 0.05) is 17.1 Å². The zero-order chi connectivity index (χ0) is 23.8. The number of aliphatic hydroxyl groups excluding tert-OH is 1. The normalized spacial score (nSPS) is 11.3. The zero-order valence-electron chi connectivity index (χ0n) is 18.9. The van der Waals surface area contributed by atoms with E-state index in [9.17, 15) is 9.90 Å². The minimum atomic E-state index is -0.252. The van der Waals surface area contributed by atoms with E-state index in [4.69, 9.17) is 4.74 Å². The molecule has 4 heteroatoms. The minimum Gasteiger partial charge on any atom is -0.498 e. The molecule has 0 heterocycles. The van der Waals surface area contributed by atoms with Gasteiger partial charge in [-0.3, -0.25) is 0 Å². The van der Waals surface area contributed by atoms with E-state index in [2.05, 4.69) is 42.2 Å². The summed E-state index contributed by atoms with van der Waals surface area (Å²) in [5, 5.41) is 15.2. The highest BCUT2D eigenvalue weighted by molar-refractivity contribution is 7.99. The highest BCUT2D eigenvalue weighted by Crippen LogP contribution is 2.36. The molecular formula is C30H24O3S. The summed E-state index contributed by atoms with van der Waals surface area (Å²) in [7, 11) is 1.42. The van der Waals surface area contributed by atoms with Crippen molar-refractivity contribution in [3.05, 3.63) is 108 Å². The van der Waals surface area contributed by atoms with Gasteiger partial charge in [0.2, 0.25) is 5.76 Å². The van der Waals surface area contributed by atoms with Crippen molar-refractivity contribution in [3.8, 4) is 11.8 Å². The molecule has 4 aromatic carbocycles. The molecule has 0 aliphatic rings. The van der Waals surface area contributed by atoms with Crippen LogP contribution in [0.5, 0.6) is 0 Å². The third-order valence-corrected chi connectivity index (χ3v) is 6.62. The molecule has 1 N–H and O–H groups in total. The Hall–Kier alpha value is -3.90. The van der Waals surface area contributed by atoms with Crippen LogP contribution in [0.2, 0.25) is 0 Å². The largest absolute Gasteiger partial charge is 0.498 e. The number of allylic oxidation sites excluding steroid dienone is 2. The van der Waals surface area contributed by atoms with Crippen molar-refractivity contribution in [1.29, 1.82) is 0 Å². The van der Waals surface area contributed by atoms with Gasteiger partial charge in [-0.1, -0.05) is 84.8 Å². The molecule has 168 valence electrons. The average Bonchev–Trinajstić information content (AvgIpc) is 2.88. The van der Waals surface area contributed by atoms with E-state index in [0.717, 1.165) is 5.56 Å². The molecule has 0 fully saturated rings. The quantitative estimate of drug-likeness (QED) is 0.0807. The Morgan fingerprint density at radius 1 is 0.912 bits per heavy atom. The highest BCUT2D eigenvalue weighted by Gasteiger charge is 2.14. The first-order chi connectivity index (χ1) is 16.7. The number of fused-ring (bicyclic) bond motifs is 2. The standard InChI is InChI=1S/C30H24O3S/c1-33-29(28(32)17-9-12-22-10-3-2-4-11-22)25(21-31)18-19-34-30-26-15-7-5-13-23(26)20-24-14-6-8-16-27(24)30/h2-8,10-11,13-16,20,32H,12,18-19H2,1H3/b29-28-. The molecule has 0 aliphatic heterocycles. The monoisotopic (exact) mass is 464 g/mol. The Morgan fingerprint density at radius 2 is 1.53 bits per heavy atom. The van der Waals surface area contributed by atoms with Crippen molar-refractivity contribution >= 4 is 39.2 Å². The second-order valence-electron chi connectivity index (χ2n) is 7.67. The molecule has 0 radical (unpaired) electrons. The van der Waals surface area contributed by atoms with Crippen LogP contribution in [0.1, 0.15) is 12.0 Å². The Kier molecular flexibility index (Phi) is 7.73. The van der Waals surface area contributed by atoms with Gasteiger partial charge in [-0.05, 0) is 45.5 Å². The average molecular weight is 465 g/mol. The Balaban J connectivity index is 1.53. The maximum Gasteiger partial charge on any atom is 0.211 e. The van der Waals surface area contributed by atoms with Gasteiger partial charge < -0.3 is 9.84 Å². The lowest BCUT2D eigenvalue weighted by Gasteiger charge is -2.12. The Morgan fingerprint density at radius 3 is 2.15 bits per heavy atom. The number of methoxy groups -OCH3 is 1. The van der Waals surface area contributed by atoms with Crippen LogP contribution >= 0.6 is 11.8 Å². The lowest BCUT2D eigenvalue weighted by molar-refractivity contribution is 0.269. The summed E-state index contributed by atoms with van der Waals surface area (Å²) in [5.41, 5.74) is 1.32. The van der Waals surface area contributed by atoms with Crippen LogP contribution in [0, 0.1) is 11.8 Å². The minimum absolute atomic E-state index is 0.0824. The maximum atomic E-state index is 11.7.